The van der Waals surface area contributed by atoms with Crippen LogP contribution in [-0.4, -0.2) is 29.1 Å². The van der Waals surface area contributed by atoms with Crippen LogP contribution in [0.3, 0.4) is 0 Å². The number of ether oxygens (including phenoxy) is 2. The number of nitrogens with zero attached hydrogens (tertiary/aromatic N) is 1. The molecule has 0 aliphatic rings. The van der Waals surface area contributed by atoms with Gasteiger partial charge in [-0.3, -0.25) is 4.79 Å². The number of rotatable bonds is 6. The third-order valence-electron chi connectivity index (χ3n) is 4.10. The molecule has 0 spiro atoms. The molecule has 1 amide bonds. The van der Waals surface area contributed by atoms with E-state index in [-0.39, 0.29) is 28.4 Å². The summed E-state index contributed by atoms with van der Waals surface area (Å²) in [5, 5.41) is 11.8. The van der Waals surface area contributed by atoms with E-state index in [4.69, 9.17) is 26.2 Å². The van der Waals surface area contributed by atoms with Gasteiger partial charge in [-0.1, -0.05) is 11.6 Å². The van der Waals surface area contributed by atoms with Crippen LogP contribution < -0.4 is 14.8 Å². The Labute approximate surface area is 176 Å². The first-order valence-corrected chi connectivity index (χ1v) is 8.98. The molecular formula is C21H16ClFN2O5. The third-order valence-corrected chi connectivity index (χ3v) is 4.51. The lowest BCUT2D eigenvalue weighted by molar-refractivity contribution is 0.0690. The number of pyridine rings is 1. The summed E-state index contributed by atoms with van der Waals surface area (Å²) in [5.41, 5.74) is 0.793. The summed E-state index contributed by atoms with van der Waals surface area (Å²) >= 11 is 6.16. The van der Waals surface area contributed by atoms with E-state index in [2.05, 4.69) is 10.3 Å². The molecule has 0 atom stereocenters. The van der Waals surface area contributed by atoms with Crippen LogP contribution in [0.1, 0.15) is 26.4 Å². The Bertz CT molecular complexity index is 1120. The molecule has 3 aromatic rings. The molecule has 3 rings (SSSR count). The van der Waals surface area contributed by atoms with Crippen LogP contribution >= 0.6 is 11.6 Å². The number of amides is 1. The average Bonchev–Trinajstić information content (AvgIpc) is 2.72. The number of carbonyl (C=O) groups is 2. The highest BCUT2D eigenvalue weighted by Crippen LogP contribution is 2.33. The molecule has 2 aromatic carbocycles. The number of hydrogen-bond acceptors (Lipinski definition) is 5. The van der Waals surface area contributed by atoms with Crippen molar-refractivity contribution in [2.24, 2.45) is 0 Å². The average molecular weight is 431 g/mol. The monoisotopic (exact) mass is 430 g/mol. The van der Waals surface area contributed by atoms with Crippen molar-refractivity contribution in [1.82, 2.24) is 4.98 Å². The highest BCUT2D eigenvalue weighted by molar-refractivity contribution is 6.32. The first-order valence-electron chi connectivity index (χ1n) is 8.60. The minimum Gasteiger partial charge on any atom is -0.497 e. The van der Waals surface area contributed by atoms with Crippen LogP contribution in [0.5, 0.6) is 17.2 Å². The molecule has 0 aliphatic carbocycles. The molecule has 1 heterocycles. The standard InChI is InChI=1S/C21H16ClFN2O5/c1-11-7-19(30-18-6-4-13(29-2)8-16(18)23)14(9-15(11)22)20(26)25-12-3-5-17(21(27)28)24-10-12/h3-10H,1-2H3,(H,25,26)(H,27,28). The minimum atomic E-state index is -1.18. The van der Waals surface area contributed by atoms with E-state index in [1.165, 1.54) is 49.7 Å². The third kappa shape index (κ3) is 4.66. The number of carboxylic acids is 1. The fourth-order valence-corrected chi connectivity index (χ4v) is 2.68. The second kappa shape index (κ2) is 8.79. The quantitative estimate of drug-likeness (QED) is 0.575. The van der Waals surface area contributed by atoms with Crippen molar-refractivity contribution in [2.45, 2.75) is 6.92 Å². The summed E-state index contributed by atoms with van der Waals surface area (Å²) in [7, 11) is 1.41. The fourth-order valence-electron chi connectivity index (χ4n) is 2.52. The zero-order valence-electron chi connectivity index (χ0n) is 15.9. The molecule has 9 heteroatoms. The van der Waals surface area contributed by atoms with Crippen LogP contribution in [0, 0.1) is 12.7 Å². The smallest absolute Gasteiger partial charge is 0.354 e. The minimum absolute atomic E-state index is 0.0585. The van der Waals surface area contributed by atoms with E-state index in [0.29, 0.717) is 16.3 Å². The maximum atomic E-state index is 14.3. The lowest BCUT2D eigenvalue weighted by atomic mass is 10.1. The summed E-state index contributed by atoms with van der Waals surface area (Å²) < 4.78 is 24.9. The van der Waals surface area contributed by atoms with Crippen LogP contribution in [0.4, 0.5) is 10.1 Å². The second-order valence-electron chi connectivity index (χ2n) is 6.19. The van der Waals surface area contributed by atoms with Gasteiger partial charge in [-0.15, -0.1) is 0 Å². The number of anilines is 1. The lowest BCUT2D eigenvalue weighted by Gasteiger charge is -2.14. The van der Waals surface area contributed by atoms with E-state index >= 15 is 0 Å². The molecular weight excluding hydrogens is 415 g/mol. The number of methoxy groups -OCH3 is 1. The van der Waals surface area contributed by atoms with E-state index in [0.717, 1.165) is 6.07 Å². The van der Waals surface area contributed by atoms with Crippen LogP contribution in [0.2, 0.25) is 5.02 Å². The van der Waals surface area contributed by atoms with Gasteiger partial charge in [-0.25, -0.2) is 14.2 Å². The van der Waals surface area contributed by atoms with Crippen LogP contribution in [0.25, 0.3) is 0 Å². The molecule has 0 aliphatic heterocycles. The number of aryl methyl sites for hydroxylation is 1. The number of aromatic nitrogens is 1. The number of benzene rings is 2. The number of hydrogen-bond donors (Lipinski definition) is 2. The zero-order valence-corrected chi connectivity index (χ0v) is 16.7. The van der Waals surface area contributed by atoms with E-state index in [1.807, 2.05) is 0 Å². The van der Waals surface area contributed by atoms with Crippen molar-refractivity contribution < 1.29 is 28.6 Å². The van der Waals surface area contributed by atoms with Gasteiger partial charge >= 0.3 is 5.97 Å². The van der Waals surface area contributed by atoms with Gasteiger partial charge in [0.25, 0.3) is 5.91 Å². The van der Waals surface area contributed by atoms with Gasteiger partial charge in [0, 0.05) is 11.1 Å². The normalized spacial score (nSPS) is 10.4. The topological polar surface area (TPSA) is 97.8 Å². The van der Waals surface area contributed by atoms with Crippen molar-refractivity contribution >= 4 is 29.2 Å². The maximum absolute atomic E-state index is 14.3. The number of halogens is 2. The number of aromatic carboxylic acids is 1. The molecule has 7 nitrogen and oxygen atoms in total. The van der Waals surface area contributed by atoms with Gasteiger partial charge in [0.15, 0.2) is 11.6 Å². The number of carbonyl (C=O) groups excluding carboxylic acids is 1. The number of carboxylic acid groups (broad SMARTS) is 1. The van der Waals surface area contributed by atoms with Crippen LogP contribution in [-0.2, 0) is 0 Å². The van der Waals surface area contributed by atoms with Gasteiger partial charge in [0.1, 0.15) is 17.2 Å². The molecule has 1 aromatic heterocycles. The predicted octanol–water partition coefficient (Wildman–Crippen LogP) is 4.93. The van der Waals surface area contributed by atoms with Gasteiger partial charge < -0.3 is 19.9 Å². The molecule has 0 unspecified atom stereocenters. The van der Waals surface area contributed by atoms with Crippen molar-refractivity contribution in [2.75, 3.05) is 12.4 Å². The van der Waals surface area contributed by atoms with Crippen molar-refractivity contribution in [3.63, 3.8) is 0 Å². The van der Waals surface area contributed by atoms with Crippen molar-refractivity contribution in [1.29, 1.82) is 0 Å². The molecule has 30 heavy (non-hydrogen) atoms. The molecule has 0 saturated heterocycles. The Morgan fingerprint density at radius 2 is 1.90 bits per heavy atom. The zero-order chi connectivity index (χ0) is 21.8. The molecule has 2 N–H and O–H groups in total. The SMILES string of the molecule is COc1ccc(Oc2cc(C)c(Cl)cc2C(=O)Nc2ccc(C(=O)O)nc2)c(F)c1. The largest absolute Gasteiger partial charge is 0.497 e. The summed E-state index contributed by atoms with van der Waals surface area (Å²) in [6.45, 7) is 1.72. The highest BCUT2D eigenvalue weighted by atomic mass is 35.5. The Morgan fingerprint density at radius 1 is 1.13 bits per heavy atom. The van der Waals surface area contributed by atoms with Gasteiger partial charge in [0.05, 0.1) is 24.6 Å². The molecule has 0 radical (unpaired) electrons. The molecule has 154 valence electrons. The fraction of sp³-hybridized carbons (Fsp3) is 0.0952. The Hall–Kier alpha value is -3.65. The Kier molecular flexibility index (Phi) is 6.17. The van der Waals surface area contributed by atoms with Crippen molar-refractivity contribution in [3.8, 4) is 17.2 Å². The number of nitrogens with one attached hydrogen (secondary N) is 1. The Morgan fingerprint density at radius 3 is 2.50 bits per heavy atom. The first-order chi connectivity index (χ1) is 14.3. The molecule has 0 fully saturated rings. The summed E-state index contributed by atoms with van der Waals surface area (Å²) in [5.74, 6) is -2.13. The maximum Gasteiger partial charge on any atom is 0.354 e. The summed E-state index contributed by atoms with van der Waals surface area (Å²) in [6, 6.07) is 9.64. The predicted molar refractivity (Wildman–Crippen MR) is 108 cm³/mol. The van der Waals surface area contributed by atoms with Gasteiger partial charge in [-0.2, -0.15) is 0 Å². The molecule has 0 bridgehead atoms. The molecule has 0 saturated carbocycles. The first kappa shape index (κ1) is 21.1. The highest BCUT2D eigenvalue weighted by Gasteiger charge is 2.18. The van der Waals surface area contributed by atoms with Gasteiger partial charge in [0.2, 0.25) is 0 Å². The van der Waals surface area contributed by atoms with Crippen LogP contribution in [0.15, 0.2) is 48.7 Å². The summed E-state index contributed by atoms with van der Waals surface area (Å²) in [4.78, 5) is 27.4. The summed E-state index contributed by atoms with van der Waals surface area (Å²) in [6.07, 6.45) is 1.21. The van der Waals surface area contributed by atoms with E-state index in [1.54, 1.807) is 6.92 Å². The van der Waals surface area contributed by atoms with E-state index in [9.17, 15) is 14.0 Å². The van der Waals surface area contributed by atoms with E-state index < -0.39 is 17.7 Å². The second-order valence-corrected chi connectivity index (χ2v) is 6.59. The van der Waals surface area contributed by atoms with Gasteiger partial charge in [-0.05, 0) is 48.9 Å². The van der Waals surface area contributed by atoms with Crippen molar-refractivity contribution in [3.05, 3.63) is 76.3 Å². The lowest BCUT2D eigenvalue weighted by Crippen LogP contribution is -2.14. The Balaban J connectivity index is 1.91.